The molecule has 0 aliphatic carbocycles. The van der Waals surface area contributed by atoms with Crippen molar-refractivity contribution < 1.29 is 23.8 Å². The van der Waals surface area contributed by atoms with Crippen LogP contribution >= 0.6 is 22.7 Å². The number of anilines is 1. The second-order valence-electron chi connectivity index (χ2n) is 11.6. The minimum Gasteiger partial charge on any atom is -0.494 e. The van der Waals surface area contributed by atoms with Crippen LogP contribution in [0.5, 0.6) is 5.75 Å². The number of ether oxygens (including phenoxy) is 3. The molecule has 0 bridgehead atoms. The van der Waals surface area contributed by atoms with E-state index in [0.29, 0.717) is 25.0 Å². The maximum Gasteiger partial charge on any atom is 0.330 e. The summed E-state index contributed by atoms with van der Waals surface area (Å²) >= 11 is 2.93. The average molecular weight is 731 g/mol. The molecule has 51 heavy (non-hydrogen) atoms. The summed E-state index contributed by atoms with van der Waals surface area (Å²) in [6, 6.07) is 17.3. The number of hydrogen-bond donors (Lipinski definition) is 1. The van der Waals surface area contributed by atoms with Gasteiger partial charge >= 0.3 is 11.9 Å². The van der Waals surface area contributed by atoms with E-state index in [9.17, 15) is 9.59 Å². The number of rotatable bonds is 25. The highest BCUT2D eigenvalue weighted by Crippen LogP contribution is 2.39. The van der Waals surface area contributed by atoms with Crippen LogP contribution in [0.1, 0.15) is 70.6 Å². The summed E-state index contributed by atoms with van der Waals surface area (Å²) in [5.74, 6) is 0.104. The lowest BCUT2D eigenvalue weighted by molar-refractivity contribution is -0.138. The van der Waals surface area contributed by atoms with E-state index >= 15 is 0 Å². The molecule has 4 aromatic rings. The first-order valence-corrected chi connectivity index (χ1v) is 19.0. The summed E-state index contributed by atoms with van der Waals surface area (Å²) in [7, 11) is 0. The number of carbonyl (C=O) groups is 2. The van der Waals surface area contributed by atoms with Gasteiger partial charge in [0.2, 0.25) is 5.13 Å². The van der Waals surface area contributed by atoms with Crippen LogP contribution < -0.4 is 10.1 Å². The first kappa shape index (κ1) is 39.0. The number of carbonyl (C=O) groups excluding carboxylic acids is 2. The molecule has 0 aliphatic rings. The van der Waals surface area contributed by atoms with Gasteiger partial charge in [-0.2, -0.15) is 0 Å². The Hall–Kier alpha value is -4.75. The molecule has 2 heterocycles. The van der Waals surface area contributed by atoms with E-state index in [2.05, 4.69) is 43.9 Å². The highest BCUT2D eigenvalue weighted by molar-refractivity contribution is 7.30. The van der Waals surface area contributed by atoms with Crippen molar-refractivity contribution in [3.63, 3.8) is 0 Å². The van der Waals surface area contributed by atoms with Crippen LogP contribution in [0.25, 0.3) is 9.53 Å². The van der Waals surface area contributed by atoms with Crippen molar-refractivity contribution in [2.75, 3.05) is 31.7 Å². The van der Waals surface area contributed by atoms with Crippen molar-refractivity contribution in [3.8, 4) is 5.75 Å². The highest BCUT2D eigenvalue weighted by atomic mass is 32.1. The molecule has 0 atom stereocenters. The number of esters is 2. The van der Waals surface area contributed by atoms with Crippen molar-refractivity contribution in [1.29, 1.82) is 0 Å². The van der Waals surface area contributed by atoms with E-state index in [1.165, 1.54) is 66.9 Å². The van der Waals surface area contributed by atoms with Crippen molar-refractivity contribution in [2.45, 2.75) is 70.6 Å². The predicted octanol–water partition coefficient (Wildman–Crippen LogP) is 11.7. The molecular weight excluding hydrogens is 685 g/mol. The zero-order valence-corrected chi connectivity index (χ0v) is 30.6. The van der Waals surface area contributed by atoms with Crippen LogP contribution in [-0.2, 0) is 19.1 Å². The maximum absolute atomic E-state index is 11.1. The summed E-state index contributed by atoms with van der Waals surface area (Å²) < 4.78 is 16.9. The van der Waals surface area contributed by atoms with Gasteiger partial charge in [-0.15, -0.1) is 20.5 Å². The predicted molar refractivity (Wildman–Crippen MR) is 206 cm³/mol. The molecule has 13 heteroatoms. The third-order valence-electron chi connectivity index (χ3n) is 7.56. The number of hydrogen-bond acceptors (Lipinski definition) is 13. The van der Waals surface area contributed by atoms with Crippen LogP contribution in [0.4, 0.5) is 27.2 Å². The lowest BCUT2D eigenvalue weighted by Gasteiger charge is -2.06. The standard InChI is InChI=1S/C38H46N6O5S2/c1-3-35(45)48-26-14-11-9-7-5-6-8-10-13-25-47-32-22-20-31(21-23-32)41-43-34-28-33-37(51-34)40-38(50-33)44-42-30-18-16-29(17-19-30)39-24-12-15-27-49-36(46)4-2/h3-4,16-23,28,39H,1-2,5-15,24-27H2. The van der Waals surface area contributed by atoms with E-state index < -0.39 is 5.97 Å². The molecule has 1 N–H and O–H groups in total. The van der Waals surface area contributed by atoms with Gasteiger partial charge in [-0.1, -0.05) is 80.8 Å². The molecule has 4 rings (SSSR count). The van der Waals surface area contributed by atoms with Gasteiger partial charge in [-0.05, 0) is 80.3 Å². The maximum atomic E-state index is 11.1. The number of nitrogens with zero attached hydrogens (tertiary/aromatic N) is 5. The number of azo groups is 2. The molecule has 0 fully saturated rings. The van der Waals surface area contributed by atoms with E-state index in [4.69, 9.17) is 14.2 Å². The first-order chi connectivity index (χ1) is 25.0. The lowest BCUT2D eigenvalue weighted by atomic mass is 10.1. The monoisotopic (exact) mass is 730 g/mol. The topological polar surface area (TPSA) is 136 Å². The third kappa shape index (κ3) is 15.4. The second-order valence-corrected chi connectivity index (χ2v) is 13.6. The van der Waals surface area contributed by atoms with Crippen LogP contribution in [0.2, 0.25) is 0 Å². The normalized spacial score (nSPS) is 11.3. The van der Waals surface area contributed by atoms with E-state index in [0.717, 1.165) is 82.4 Å². The molecule has 2 aromatic heterocycles. The molecule has 0 aliphatic heterocycles. The van der Waals surface area contributed by atoms with E-state index in [1.807, 2.05) is 54.6 Å². The van der Waals surface area contributed by atoms with Gasteiger partial charge < -0.3 is 19.5 Å². The van der Waals surface area contributed by atoms with Crippen molar-refractivity contribution in [2.24, 2.45) is 20.5 Å². The van der Waals surface area contributed by atoms with Crippen molar-refractivity contribution >= 4 is 71.3 Å². The number of nitrogens with one attached hydrogen (secondary N) is 1. The number of aromatic nitrogens is 1. The molecule has 0 spiro atoms. The molecule has 0 radical (unpaired) electrons. The Bertz CT molecular complexity index is 1690. The number of fused-ring (bicyclic) bond motifs is 1. The minimum atomic E-state index is -0.390. The molecule has 0 saturated heterocycles. The molecule has 2 aromatic carbocycles. The number of unbranched alkanes of at least 4 members (excludes halogenated alkanes) is 9. The van der Waals surface area contributed by atoms with Gasteiger partial charge in [-0.3, -0.25) is 0 Å². The molecule has 0 saturated carbocycles. The zero-order valence-electron chi connectivity index (χ0n) is 29.0. The number of thiophene rings is 1. The Morgan fingerprint density at radius 2 is 1.22 bits per heavy atom. The fourth-order valence-electron chi connectivity index (χ4n) is 4.82. The van der Waals surface area contributed by atoms with Crippen LogP contribution in [-0.4, -0.2) is 43.3 Å². The quantitative estimate of drug-likeness (QED) is 0.0310. The third-order valence-corrected chi connectivity index (χ3v) is 9.49. The van der Waals surface area contributed by atoms with Crippen molar-refractivity contribution in [3.05, 3.63) is 79.9 Å². The summed E-state index contributed by atoms with van der Waals surface area (Å²) in [5, 5.41) is 22.1. The van der Waals surface area contributed by atoms with E-state index in [-0.39, 0.29) is 5.97 Å². The highest BCUT2D eigenvalue weighted by Gasteiger charge is 2.09. The fourth-order valence-corrected chi connectivity index (χ4v) is 6.67. The molecule has 11 nitrogen and oxygen atoms in total. The average Bonchev–Trinajstić information content (AvgIpc) is 3.72. The first-order valence-electron chi connectivity index (χ1n) is 17.4. The summed E-state index contributed by atoms with van der Waals surface area (Å²) in [5.41, 5.74) is 2.48. The van der Waals surface area contributed by atoms with Crippen LogP contribution in [0.15, 0.2) is 100 Å². The van der Waals surface area contributed by atoms with Gasteiger partial charge in [0.1, 0.15) is 15.6 Å². The number of benzene rings is 2. The SMILES string of the molecule is C=CC(=O)OCCCCCCCCCCCOc1ccc(N=Nc2cc3sc(N=Nc4ccc(NCCCCOC(=O)C=C)cc4)nc3s2)cc1. The molecule has 0 unspecified atom stereocenters. The number of thiazole rings is 1. The fraction of sp³-hybridized carbons (Fsp3) is 0.395. The Morgan fingerprint density at radius 1 is 0.667 bits per heavy atom. The molecule has 0 amide bonds. The Kier molecular flexibility index (Phi) is 17.5. The zero-order chi connectivity index (χ0) is 35.9. The van der Waals surface area contributed by atoms with Gasteiger partial charge in [0, 0.05) is 24.4 Å². The molecular formula is C38H46N6O5S2. The minimum absolute atomic E-state index is 0.339. The van der Waals surface area contributed by atoms with Crippen LogP contribution in [0, 0.1) is 0 Å². The van der Waals surface area contributed by atoms with Gasteiger partial charge in [-0.25, -0.2) is 14.6 Å². The summed E-state index contributed by atoms with van der Waals surface area (Å²) in [6.45, 7) is 9.13. The Morgan fingerprint density at radius 3 is 1.82 bits per heavy atom. The van der Waals surface area contributed by atoms with Crippen molar-refractivity contribution in [1.82, 2.24) is 4.98 Å². The largest absolute Gasteiger partial charge is 0.494 e. The smallest absolute Gasteiger partial charge is 0.330 e. The van der Waals surface area contributed by atoms with E-state index in [1.54, 1.807) is 0 Å². The molecule has 270 valence electrons. The summed E-state index contributed by atoms with van der Waals surface area (Å²) in [4.78, 5) is 27.5. The summed E-state index contributed by atoms with van der Waals surface area (Å²) in [6.07, 6.45) is 14.4. The Labute approximate surface area is 307 Å². The van der Waals surface area contributed by atoms with Gasteiger partial charge in [0.05, 0.1) is 35.9 Å². The lowest BCUT2D eigenvalue weighted by Crippen LogP contribution is -2.05. The Balaban J connectivity index is 1.07. The van der Waals surface area contributed by atoms with Gasteiger partial charge in [0.15, 0.2) is 0 Å². The van der Waals surface area contributed by atoms with Crippen LogP contribution in [0.3, 0.4) is 0 Å². The van der Waals surface area contributed by atoms with Gasteiger partial charge in [0.25, 0.3) is 0 Å². The second kappa shape index (κ2) is 22.9.